The van der Waals surface area contributed by atoms with Crippen molar-refractivity contribution in [3.05, 3.63) is 33.3 Å². The van der Waals surface area contributed by atoms with Crippen LogP contribution in [0.1, 0.15) is 29.5 Å². The van der Waals surface area contributed by atoms with Gasteiger partial charge in [-0.2, -0.15) is 0 Å². The molecule has 1 saturated carbocycles. The Labute approximate surface area is 93.8 Å². The second kappa shape index (κ2) is 3.14. The van der Waals surface area contributed by atoms with Gasteiger partial charge in [-0.05, 0) is 43.4 Å². The van der Waals surface area contributed by atoms with Crippen LogP contribution in [0, 0.1) is 26.2 Å². The van der Waals surface area contributed by atoms with Crippen molar-refractivity contribution in [3.63, 3.8) is 0 Å². The molecule has 0 amide bonds. The summed E-state index contributed by atoms with van der Waals surface area (Å²) in [5.74, 6) is 2.94. The summed E-state index contributed by atoms with van der Waals surface area (Å²) < 4.78 is 1.21. The van der Waals surface area contributed by atoms with E-state index in [0.717, 1.165) is 12.8 Å². The molecule has 0 aliphatic heterocycles. The Balaban J connectivity index is 2.57. The molecule has 0 unspecified atom stereocenters. The van der Waals surface area contributed by atoms with Crippen molar-refractivity contribution in [2.75, 3.05) is 0 Å². The first kappa shape index (κ1) is 9.80. The maximum absolute atomic E-state index is 5.59. The van der Waals surface area contributed by atoms with Gasteiger partial charge >= 0.3 is 0 Å². The molecule has 1 aromatic carbocycles. The largest absolute Gasteiger partial charge is 0.119 e. The molecule has 1 heteroatoms. The predicted octanol–water partition coefficient (Wildman–Crippen LogP) is 3.73. The van der Waals surface area contributed by atoms with Crippen LogP contribution in [0.25, 0.3) is 0 Å². The monoisotopic (exact) mass is 248 g/mol. The van der Waals surface area contributed by atoms with E-state index in [1.54, 1.807) is 0 Å². The SMILES string of the molecule is C#CC1(c2ccc(C)c(Br)c2C)CC1. The number of benzene rings is 1. The number of aryl methyl sites for hydroxylation is 1. The minimum Gasteiger partial charge on any atom is -0.119 e. The number of hydrogen-bond donors (Lipinski definition) is 0. The number of hydrogen-bond acceptors (Lipinski definition) is 0. The molecule has 14 heavy (non-hydrogen) atoms. The fourth-order valence-electron chi connectivity index (χ4n) is 1.96. The molecule has 0 N–H and O–H groups in total. The Bertz CT molecular complexity index is 420. The lowest BCUT2D eigenvalue weighted by Gasteiger charge is -2.14. The zero-order valence-corrected chi connectivity index (χ0v) is 10.1. The predicted molar refractivity (Wildman–Crippen MR) is 63.4 cm³/mol. The van der Waals surface area contributed by atoms with E-state index < -0.39 is 0 Å². The van der Waals surface area contributed by atoms with Crippen molar-refractivity contribution in [1.29, 1.82) is 0 Å². The van der Waals surface area contributed by atoms with Gasteiger partial charge in [0, 0.05) is 4.47 Å². The fraction of sp³-hybridized carbons (Fsp3) is 0.385. The van der Waals surface area contributed by atoms with Crippen molar-refractivity contribution in [3.8, 4) is 12.3 Å². The molecule has 0 aromatic heterocycles. The van der Waals surface area contributed by atoms with E-state index in [4.69, 9.17) is 6.42 Å². The van der Waals surface area contributed by atoms with Crippen LogP contribution >= 0.6 is 15.9 Å². The number of rotatable bonds is 1. The van der Waals surface area contributed by atoms with E-state index in [1.807, 2.05) is 0 Å². The smallest absolute Gasteiger partial charge is 0.0564 e. The van der Waals surface area contributed by atoms with Crippen molar-refractivity contribution >= 4 is 15.9 Å². The van der Waals surface area contributed by atoms with Crippen LogP contribution in [0.15, 0.2) is 16.6 Å². The van der Waals surface area contributed by atoms with Crippen molar-refractivity contribution in [1.82, 2.24) is 0 Å². The summed E-state index contributed by atoms with van der Waals surface area (Å²) in [5, 5.41) is 0. The quantitative estimate of drug-likeness (QED) is 0.665. The highest BCUT2D eigenvalue weighted by Gasteiger charge is 2.43. The maximum Gasteiger partial charge on any atom is 0.0564 e. The minimum absolute atomic E-state index is 0.0559. The molecule has 1 aliphatic carbocycles. The van der Waals surface area contributed by atoms with Crippen LogP contribution in [-0.2, 0) is 5.41 Å². The Morgan fingerprint density at radius 2 is 2.00 bits per heavy atom. The highest BCUT2D eigenvalue weighted by molar-refractivity contribution is 9.10. The molecule has 1 fully saturated rings. The fourth-order valence-corrected chi connectivity index (χ4v) is 2.30. The first-order valence-electron chi connectivity index (χ1n) is 4.85. The molecule has 0 saturated heterocycles. The zero-order valence-electron chi connectivity index (χ0n) is 8.52. The van der Waals surface area contributed by atoms with Crippen LogP contribution in [0.4, 0.5) is 0 Å². The van der Waals surface area contributed by atoms with E-state index >= 15 is 0 Å². The third-order valence-electron chi connectivity index (χ3n) is 3.12. The molecule has 0 radical (unpaired) electrons. The van der Waals surface area contributed by atoms with Crippen LogP contribution in [0.3, 0.4) is 0 Å². The summed E-state index contributed by atoms with van der Waals surface area (Å²) in [6, 6.07) is 4.33. The van der Waals surface area contributed by atoms with Gasteiger partial charge in [-0.3, -0.25) is 0 Å². The van der Waals surface area contributed by atoms with Gasteiger partial charge < -0.3 is 0 Å². The van der Waals surface area contributed by atoms with Gasteiger partial charge in [0.25, 0.3) is 0 Å². The van der Waals surface area contributed by atoms with Gasteiger partial charge in [0.2, 0.25) is 0 Å². The minimum atomic E-state index is 0.0559. The average Bonchev–Trinajstić information content (AvgIpc) is 2.95. The van der Waals surface area contributed by atoms with Crippen LogP contribution in [0.5, 0.6) is 0 Å². The normalized spacial score (nSPS) is 17.6. The van der Waals surface area contributed by atoms with Crippen molar-refractivity contribution in [2.24, 2.45) is 0 Å². The molecule has 2 rings (SSSR count). The second-order valence-electron chi connectivity index (χ2n) is 4.10. The third kappa shape index (κ3) is 1.29. The molecule has 0 bridgehead atoms. The van der Waals surface area contributed by atoms with Gasteiger partial charge in [0.1, 0.15) is 0 Å². The Morgan fingerprint density at radius 1 is 1.36 bits per heavy atom. The molecule has 0 atom stereocenters. The average molecular weight is 249 g/mol. The summed E-state index contributed by atoms with van der Waals surface area (Å²) in [6.07, 6.45) is 7.87. The Kier molecular flexibility index (Phi) is 2.20. The van der Waals surface area contributed by atoms with E-state index in [1.165, 1.54) is 21.2 Å². The number of terminal acetylenes is 1. The summed E-state index contributed by atoms with van der Waals surface area (Å²) in [5.41, 5.74) is 3.97. The summed E-state index contributed by atoms with van der Waals surface area (Å²) in [7, 11) is 0. The molecule has 1 aliphatic rings. The van der Waals surface area contributed by atoms with E-state index in [0.29, 0.717) is 0 Å². The molecular weight excluding hydrogens is 236 g/mol. The van der Waals surface area contributed by atoms with Gasteiger partial charge in [-0.1, -0.05) is 34.0 Å². The van der Waals surface area contributed by atoms with Gasteiger partial charge in [0.05, 0.1) is 5.41 Å². The summed E-state index contributed by atoms with van der Waals surface area (Å²) in [6.45, 7) is 4.25. The van der Waals surface area contributed by atoms with Crippen LogP contribution < -0.4 is 0 Å². The van der Waals surface area contributed by atoms with Crippen molar-refractivity contribution < 1.29 is 0 Å². The first-order chi connectivity index (χ1) is 6.60. The lowest BCUT2D eigenvalue weighted by atomic mass is 9.91. The van der Waals surface area contributed by atoms with Crippen molar-refractivity contribution in [2.45, 2.75) is 32.1 Å². The number of halogens is 1. The zero-order chi connectivity index (χ0) is 10.3. The van der Waals surface area contributed by atoms with Gasteiger partial charge in [-0.25, -0.2) is 0 Å². The lowest BCUT2D eigenvalue weighted by Crippen LogP contribution is -2.05. The Morgan fingerprint density at radius 3 is 2.50 bits per heavy atom. The topological polar surface area (TPSA) is 0 Å². The summed E-state index contributed by atoms with van der Waals surface area (Å²) >= 11 is 3.61. The first-order valence-corrected chi connectivity index (χ1v) is 5.64. The molecule has 0 spiro atoms. The molecule has 0 heterocycles. The molecule has 1 aromatic rings. The molecule has 0 nitrogen and oxygen atoms in total. The highest BCUT2D eigenvalue weighted by Crippen LogP contribution is 2.49. The summed E-state index contributed by atoms with van der Waals surface area (Å²) in [4.78, 5) is 0. The van der Waals surface area contributed by atoms with Gasteiger partial charge in [0.15, 0.2) is 0 Å². The van der Waals surface area contributed by atoms with Crippen LogP contribution in [-0.4, -0.2) is 0 Å². The third-order valence-corrected chi connectivity index (χ3v) is 4.34. The lowest BCUT2D eigenvalue weighted by molar-refractivity contribution is 0.911. The molecular formula is C13H13Br. The molecule has 72 valence electrons. The Hall–Kier alpha value is -0.740. The van der Waals surface area contributed by atoms with Gasteiger partial charge in [-0.15, -0.1) is 6.42 Å². The second-order valence-corrected chi connectivity index (χ2v) is 4.89. The van der Waals surface area contributed by atoms with E-state index in [-0.39, 0.29) is 5.41 Å². The van der Waals surface area contributed by atoms with Crippen LogP contribution in [0.2, 0.25) is 0 Å². The maximum atomic E-state index is 5.59. The highest BCUT2D eigenvalue weighted by atomic mass is 79.9. The van der Waals surface area contributed by atoms with E-state index in [2.05, 4.69) is 47.8 Å². The van der Waals surface area contributed by atoms with E-state index in [9.17, 15) is 0 Å². The standard InChI is InChI=1S/C13H13Br/c1-4-13(7-8-13)11-6-5-9(2)12(14)10(11)3/h1,5-6H,7-8H2,2-3H3.